The fraction of sp³-hybridized carbons (Fsp3) is 0.923. The zero-order valence-electron chi connectivity index (χ0n) is 10.5. The molecule has 0 radical (unpaired) electrons. The van der Waals surface area contributed by atoms with Gasteiger partial charge in [-0.1, -0.05) is 13.8 Å². The Labute approximate surface area is 104 Å². The predicted molar refractivity (Wildman–Crippen MR) is 68.7 cm³/mol. The Hall–Kier alpha value is -0.240. The summed E-state index contributed by atoms with van der Waals surface area (Å²) in [5.41, 5.74) is 0. The molecule has 1 aliphatic rings. The van der Waals surface area contributed by atoms with Crippen molar-refractivity contribution in [1.29, 1.82) is 0 Å². The highest BCUT2D eigenvalue weighted by molar-refractivity contribution is 6.17. The van der Waals surface area contributed by atoms with Gasteiger partial charge in [-0.05, 0) is 43.9 Å². The SMILES string of the molecule is CC1CC(C)CC(NC(=O)CCCCCl)C1. The first-order valence-electron chi connectivity index (χ1n) is 6.47. The largest absolute Gasteiger partial charge is 0.353 e. The average Bonchev–Trinajstić information content (AvgIpc) is 2.16. The molecule has 0 aromatic heterocycles. The predicted octanol–water partition coefficient (Wildman–Crippen LogP) is 3.34. The molecule has 1 amide bonds. The van der Waals surface area contributed by atoms with Gasteiger partial charge >= 0.3 is 0 Å². The highest BCUT2D eigenvalue weighted by atomic mass is 35.5. The number of hydrogen-bond donors (Lipinski definition) is 1. The standard InChI is InChI=1S/C13H24ClNO/c1-10-7-11(2)9-12(8-10)15-13(16)5-3-4-6-14/h10-12H,3-9H2,1-2H3,(H,15,16). The van der Waals surface area contributed by atoms with Crippen LogP contribution in [0.4, 0.5) is 0 Å². The van der Waals surface area contributed by atoms with E-state index in [4.69, 9.17) is 11.6 Å². The molecule has 0 spiro atoms. The first kappa shape index (κ1) is 13.8. The Morgan fingerprint density at radius 1 is 1.19 bits per heavy atom. The molecule has 1 rings (SSSR count). The van der Waals surface area contributed by atoms with Crippen LogP contribution in [0.15, 0.2) is 0 Å². The summed E-state index contributed by atoms with van der Waals surface area (Å²) in [7, 11) is 0. The van der Waals surface area contributed by atoms with E-state index in [1.54, 1.807) is 0 Å². The van der Waals surface area contributed by atoms with Crippen molar-refractivity contribution in [2.75, 3.05) is 5.88 Å². The Kier molecular flexibility index (Phi) is 6.18. The number of carbonyl (C=O) groups is 1. The number of halogens is 1. The van der Waals surface area contributed by atoms with Gasteiger partial charge in [0.1, 0.15) is 0 Å². The van der Waals surface area contributed by atoms with Gasteiger partial charge < -0.3 is 5.32 Å². The summed E-state index contributed by atoms with van der Waals surface area (Å²) in [5, 5.41) is 3.16. The van der Waals surface area contributed by atoms with Crippen LogP contribution in [0.1, 0.15) is 52.4 Å². The first-order valence-corrected chi connectivity index (χ1v) is 7.00. The molecular weight excluding hydrogens is 222 g/mol. The highest BCUT2D eigenvalue weighted by Crippen LogP contribution is 2.28. The Morgan fingerprint density at radius 2 is 1.81 bits per heavy atom. The quantitative estimate of drug-likeness (QED) is 0.584. The second kappa shape index (κ2) is 7.16. The van der Waals surface area contributed by atoms with Crippen LogP contribution in [0.3, 0.4) is 0 Å². The second-order valence-corrected chi connectivity index (χ2v) is 5.71. The van der Waals surface area contributed by atoms with Crippen molar-refractivity contribution in [3.05, 3.63) is 0 Å². The molecule has 0 saturated heterocycles. The maximum absolute atomic E-state index is 11.6. The minimum atomic E-state index is 0.205. The molecular formula is C13H24ClNO. The summed E-state index contributed by atoms with van der Waals surface area (Å²) in [6.45, 7) is 4.56. The van der Waals surface area contributed by atoms with Crippen LogP contribution in [0.2, 0.25) is 0 Å². The number of hydrogen-bond acceptors (Lipinski definition) is 1. The van der Waals surface area contributed by atoms with Gasteiger partial charge in [-0.2, -0.15) is 0 Å². The van der Waals surface area contributed by atoms with Crippen LogP contribution in [0.5, 0.6) is 0 Å². The molecule has 2 unspecified atom stereocenters. The molecule has 0 heterocycles. The van der Waals surface area contributed by atoms with Gasteiger partial charge in [0.05, 0.1) is 0 Å². The van der Waals surface area contributed by atoms with E-state index < -0.39 is 0 Å². The zero-order valence-corrected chi connectivity index (χ0v) is 11.2. The van der Waals surface area contributed by atoms with Gasteiger partial charge in [-0.15, -0.1) is 11.6 Å². The lowest BCUT2D eigenvalue weighted by Crippen LogP contribution is -2.39. The summed E-state index contributed by atoms with van der Waals surface area (Å²) < 4.78 is 0. The van der Waals surface area contributed by atoms with E-state index in [1.165, 1.54) is 6.42 Å². The highest BCUT2D eigenvalue weighted by Gasteiger charge is 2.24. The van der Waals surface area contributed by atoms with Crippen LogP contribution >= 0.6 is 11.6 Å². The van der Waals surface area contributed by atoms with Crippen molar-refractivity contribution in [2.24, 2.45) is 11.8 Å². The molecule has 0 aliphatic heterocycles. The summed E-state index contributed by atoms with van der Waals surface area (Å²) in [4.78, 5) is 11.6. The molecule has 2 atom stereocenters. The van der Waals surface area contributed by atoms with Gasteiger partial charge in [-0.3, -0.25) is 4.79 Å². The minimum absolute atomic E-state index is 0.205. The van der Waals surface area contributed by atoms with Crippen LogP contribution < -0.4 is 5.32 Å². The van der Waals surface area contributed by atoms with E-state index in [9.17, 15) is 4.79 Å². The number of carbonyl (C=O) groups excluding carboxylic acids is 1. The second-order valence-electron chi connectivity index (χ2n) is 5.33. The van der Waals surface area contributed by atoms with Gasteiger partial charge in [0, 0.05) is 18.3 Å². The van der Waals surface area contributed by atoms with E-state index in [0.29, 0.717) is 18.3 Å². The van der Waals surface area contributed by atoms with Gasteiger partial charge in [0.2, 0.25) is 5.91 Å². The topological polar surface area (TPSA) is 29.1 Å². The fourth-order valence-corrected chi connectivity index (χ4v) is 2.93. The van der Waals surface area contributed by atoms with E-state index in [0.717, 1.165) is 37.5 Å². The lowest BCUT2D eigenvalue weighted by atomic mass is 9.80. The number of rotatable bonds is 5. The Balaban J connectivity index is 2.22. The fourth-order valence-electron chi connectivity index (χ4n) is 2.74. The summed E-state index contributed by atoms with van der Waals surface area (Å²) >= 11 is 5.58. The van der Waals surface area contributed by atoms with Crippen LogP contribution in [-0.2, 0) is 4.79 Å². The van der Waals surface area contributed by atoms with Crippen molar-refractivity contribution in [3.63, 3.8) is 0 Å². The van der Waals surface area contributed by atoms with E-state index in [-0.39, 0.29) is 5.91 Å². The monoisotopic (exact) mass is 245 g/mol. The number of alkyl halides is 1. The van der Waals surface area contributed by atoms with Crippen molar-refractivity contribution >= 4 is 17.5 Å². The third-order valence-corrected chi connectivity index (χ3v) is 3.60. The average molecular weight is 246 g/mol. The molecule has 16 heavy (non-hydrogen) atoms. The van der Waals surface area contributed by atoms with E-state index in [2.05, 4.69) is 19.2 Å². The molecule has 1 N–H and O–H groups in total. The number of amides is 1. The molecule has 0 aromatic rings. The minimum Gasteiger partial charge on any atom is -0.353 e. The van der Waals surface area contributed by atoms with Crippen LogP contribution in [0.25, 0.3) is 0 Å². The maximum atomic E-state index is 11.6. The lowest BCUT2D eigenvalue weighted by Gasteiger charge is -2.32. The Bertz CT molecular complexity index is 210. The Morgan fingerprint density at radius 3 is 2.38 bits per heavy atom. The summed E-state index contributed by atoms with van der Waals surface area (Å²) in [6.07, 6.45) is 6.07. The molecule has 0 bridgehead atoms. The summed E-state index contributed by atoms with van der Waals surface area (Å²) in [5.74, 6) is 2.36. The van der Waals surface area contributed by atoms with Gasteiger partial charge in [0.15, 0.2) is 0 Å². The molecule has 2 nitrogen and oxygen atoms in total. The van der Waals surface area contributed by atoms with Crippen molar-refractivity contribution in [2.45, 2.75) is 58.4 Å². The van der Waals surface area contributed by atoms with Crippen molar-refractivity contribution in [1.82, 2.24) is 5.32 Å². The molecule has 94 valence electrons. The van der Waals surface area contributed by atoms with Gasteiger partial charge in [0.25, 0.3) is 0 Å². The van der Waals surface area contributed by atoms with E-state index in [1.807, 2.05) is 0 Å². The number of nitrogens with one attached hydrogen (secondary N) is 1. The molecule has 1 saturated carbocycles. The maximum Gasteiger partial charge on any atom is 0.220 e. The third kappa shape index (κ3) is 5.20. The smallest absolute Gasteiger partial charge is 0.220 e. The lowest BCUT2D eigenvalue weighted by molar-refractivity contribution is -0.122. The third-order valence-electron chi connectivity index (χ3n) is 3.33. The molecule has 3 heteroatoms. The van der Waals surface area contributed by atoms with Gasteiger partial charge in [-0.25, -0.2) is 0 Å². The normalized spacial score (nSPS) is 30.1. The number of unbranched alkanes of at least 4 members (excludes halogenated alkanes) is 1. The molecule has 0 aromatic carbocycles. The summed E-state index contributed by atoms with van der Waals surface area (Å²) in [6, 6.07) is 0.405. The molecule has 1 aliphatic carbocycles. The molecule has 1 fully saturated rings. The van der Waals surface area contributed by atoms with Crippen molar-refractivity contribution < 1.29 is 4.79 Å². The van der Waals surface area contributed by atoms with Crippen LogP contribution in [0, 0.1) is 11.8 Å². The zero-order chi connectivity index (χ0) is 12.0. The first-order chi connectivity index (χ1) is 7.61. The van der Waals surface area contributed by atoms with E-state index >= 15 is 0 Å². The van der Waals surface area contributed by atoms with Crippen LogP contribution in [-0.4, -0.2) is 17.8 Å². The van der Waals surface area contributed by atoms with Crippen molar-refractivity contribution in [3.8, 4) is 0 Å².